The highest BCUT2D eigenvalue weighted by atomic mass is 32.2. The van der Waals surface area contributed by atoms with Crippen LogP contribution in [0.1, 0.15) is 11.1 Å². The fraction of sp³-hybridized carbons (Fsp3) is 0.222. The zero-order chi connectivity index (χ0) is 16.1. The Labute approximate surface area is 139 Å². The molecule has 1 aliphatic rings. The van der Waals surface area contributed by atoms with Crippen LogP contribution in [0.3, 0.4) is 0 Å². The number of ether oxygens (including phenoxy) is 1. The SMILES string of the molecule is N#Cc1ccc(C#N)c(Sc2ccc(N3CCOCC3)cc2)c1. The van der Waals surface area contributed by atoms with Gasteiger partial charge < -0.3 is 9.64 Å². The maximum Gasteiger partial charge on any atom is 0.100 e. The number of nitriles is 2. The molecular weight excluding hydrogens is 306 g/mol. The third-order valence-corrected chi connectivity index (χ3v) is 4.74. The van der Waals surface area contributed by atoms with E-state index in [0.29, 0.717) is 11.1 Å². The van der Waals surface area contributed by atoms with Crippen molar-refractivity contribution in [2.24, 2.45) is 0 Å². The van der Waals surface area contributed by atoms with E-state index in [4.69, 9.17) is 10.00 Å². The number of anilines is 1. The van der Waals surface area contributed by atoms with Crippen molar-refractivity contribution >= 4 is 17.4 Å². The van der Waals surface area contributed by atoms with Gasteiger partial charge in [0.25, 0.3) is 0 Å². The molecule has 0 saturated carbocycles. The normalized spacial score (nSPS) is 14.1. The lowest BCUT2D eigenvalue weighted by molar-refractivity contribution is 0.122. The lowest BCUT2D eigenvalue weighted by atomic mass is 10.2. The first kappa shape index (κ1) is 15.4. The second-order valence-electron chi connectivity index (χ2n) is 5.13. The van der Waals surface area contributed by atoms with Crippen LogP contribution in [-0.2, 0) is 4.74 Å². The first-order valence-corrected chi connectivity index (χ1v) is 8.16. The van der Waals surface area contributed by atoms with Crippen molar-refractivity contribution in [3.63, 3.8) is 0 Å². The van der Waals surface area contributed by atoms with Gasteiger partial charge in [-0.2, -0.15) is 10.5 Å². The van der Waals surface area contributed by atoms with Gasteiger partial charge in [-0.25, -0.2) is 0 Å². The number of hydrogen-bond donors (Lipinski definition) is 0. The number of rotatable bonds is 3. The fourth-order valence-electron chi connectivity index (χ4n) is 2.44. The molecule has 23 heavy (non-hydrogen) atoms. The fourth-order valence-corrected chi connectivity index (χ4v) is 3.38. The summed E-state index contributed by atoms with van der Waals surface area (Å²) in [5.41, 5.74) is 2.34. The predicted octanol–water partition coefficient (Wildman–Crippen LogP) is 3.42. The molecule has 0 spiro atoms. The number of benzene rings is 2. The average Bonchev–Trinajstić information content (AvgIpc) is 2.63. The second kappa shape index (κ2) is 7.19. The molecule has 3 rings (SSSR count). The Morgan fingerprint density at radius 3 is 2.35 bits per heavy atom. The molecular formula is C18H15N3OS. The van der Waals surface area contributed by atoms with Gasteiger partial charge in [0.2, 0.25) is 0 Å². The van der Waals surface area contributed by atoms with Gasteiger partial charge in [-0.1, -0.05) is 11.8 Å². The van der Waals surface area contributed by atoms with Crippen molar-refractivity contribution in [1.82, 2.24) is 0 Å². The van der Waals surface area contributed by atoms with Crippen LogP contribution in [0.2, 0.25) is 0 Å². The molecule has 0 amide bonds. The molecule has 0 aliphatic carbocycles. The van der Waals surface area contributed by atoms with Gasteiger partial charge in [-0.05, 0) is 42.5 Å². The Bertz CT molecular complexity index is 768. The van der Waals surface area contributed by atoms with Gasteiger partial charge in [0, 0.05) is 28.6 Å². The van der Waals surface area contributed by atoms with E-state index >= 15 is 0 Å². The lowest BCUT2D eigenvalue weighted by Crippen LogP contribution is -2.36. The molecule has 0 unspecified atom stereocenters. The minimum atomic E-state index is 0.566. The second-order valence-corrected chi connectivity index (χ2v) is 6.25. The average molecular weight is 321 g/mol. The monoisotopic (exact) mass is 321 g/mol. The molecule has 1 aliphatic heterocycles. The summed E-state index contributed by atoms with van der Waals surface area (Å²) in [7, 11) is 0. The Kier molecular flexibility index (Phi) is 4.83. The minimum absolute atomic E-state index is 0.566. The predicted molar refractivity (Wildman–Crippen MR) is 89.5 cm³/mol. The highest BCUT2D eigenvalue weighted by Crippen LogP contribution is 2.32. The maximum atomic E-state index is 9.21. The molecule has 0 radical (unpaired) electrons. The van der Waals surface area contributed by atoms with Gasteiger partial charge in [0.1, 0.15) is 6.07 Å². The summed E-state index contributed by atoms with van der Waals surface area (Å²) in [6.45, 7) is 3.36. The molecule has 0 atom stereocenters. The van der Waals surface area contributed by atoms with E-state index in [0.717, 1.165) is 36.1 Å². The molecule has 1 saturated heterocycles. The number of nitrogens with zero attached hydrogens (tertiary/aromatic N) is 3. The van der Waals surface area contributed by atoms with E-state index in [1.807, 2.05) is 0 Å². The molecule has 4 nitrogen and oxygen atoms in total. The zero-order valence-electron chi connectivity index (χ0n) is 12.5. The first-order chi connectivity index (χ1) is 11.3. The minimum Gasteiger partial charge on any atom is -0.378 e. The summed E-state index contributed by atoms with van der Waals surface area (Å²) in [6, 6.07) is 17.7. The largest absolute Gasteiger partial charge is 0.378 e. The molecule has 0 aromatic heterocycles. The summed E-state index contributed by atoms with van der Waals surface area (Å²) >= 11 is 1.51. The highest BCUT2D eigenvalue weighted by Gasteiger charge is 2.11. The molecule has 2 aromatic rings. The lowest BCUT2D eigenvalue weighted by Gasteiger charge is -2.28. The summed E-state index contributed by atoms with van der Waals surface area (Å²) in [5, 5.41) is 18.2. The zero-order valence-corrected chi connectivity index (χ0v) is 13.3. The Morgan fingerprint density at radius 2 is 1.70 bits per heavy atom. The van der Waals surface area contributed by atoms with Crippen LogP contribution in [0, 0.1) is 22.7 Å². The van der Waals surface area contributed by atoms with E-state index in [2.05, 4.69) is 41.3 Å². The summed E-state index contributed by atoms with van der Waals surface area (Å²) in [6.07, 6.45) is 0. The van der Waals surface area contributed by atoms with Crippen LogP contribution in [0.4, 0.5) is 5.69 Å². The Balaban J connectivity index is 1.78. The van der Waals surface area contributed by atoms with Gasteiger partial charge in [0.05, 0.1) is 30.4 Å². The first-order valence-electron chi connectivity index (χ1n) is 7.35. The van der Waals surface area contributed by atoms with Gasteiger partial charge >= 0.3 is 0 Å². The molecule has 1 fully saturated rings. The molecule has 2 aromatic carbocycles. The van der Waals surface area contributed by atoms with Crippen molar-refractivity contribution in [2.45, 2.75) is 9.79 Å². The van der Waals surface area contributed by atoms with Crippen molar-refractivity contribution in [3.05, 3.63) is 53.6 Å². The third kappa shape index (κ3) is 3.65. The van der Waals surface area contributed by atoms with Crippen LogP contribution in [0.15, 0.2) is 52.3 Å². The van der Waals surface area contributed by atoms with E-state index < -0.39 is 0 Å². The molecule has 5 heteroatoms. The van der Waals surface area contributed by atoms with Crippen molar-refractivity contribution in [1.29, 1.82) is 10.5 Å². The van der Waals surface area contributed by atoms with E-state index in [9.17, 15) is 5.26 Å². The van der Waals surface area contributed by atoms with E-state index in [1.165, 1.54) is 17.4 Å². The van der Waals surface area contributed by atoms with Gasteiger partial charge in [0.15, 0.2) is 0 Å². The molecule has 114 valence electrons. The maximum absolute atomic E-state index is 9.21. The van der Waals surface area contributed by atoms with Crippen molar-refractivity contribution in [3.8, 4) is 12.1 Å². The van der Waals surface area contributed by atoms with Gasteiger partial charge in [-0.15, -0.1) is 0 Å². The van der Waals surface area contributed by atoms with Crippen LogP contribution in [0.5, 0.6) is 0 Å². The summed E-state index contributed by atoms with van der Waals surface area (Å²) in [4.78, 5) is 4.16. The van der Waals surface area contributed by atoms with Crippen LogP contribution >= 0.6 is 11.8 Å². The number of hydrogen-bond acceptors (Lipinski definition) is 5. The molecule has 1 heterocycles. The Hall–Kier alpha value is -2.47. The standard InChI is InChI=1S/C18H15N3OS/c19-12-14-1-2-15(13-20)18(11-14)23-17-5-3-16(4-6-17)21-7-9-22-10-8-21/h1-6,11H,7-10H2. The van der Waals surface area contributed by atoms with Crippen LogP contribution in [-0.4, -0.2) is 26.3 Å². The topological polar surface area (TPSA) is 60.0 Å². The van der Waals surface area contributed by atoms with Crippen LogP contribution in [0.25, 0.3) is 0 Å². The van der Waals surface area contributed by atoms with Crippen molar-refractivity contribution in [2.75, 3.05) is 31.2 Å². The summed E-state index contributed by atoms with van der Waals surface area (Å²) in [5.74, 6) is 0. The summed E-state index contributed by atoms with van der Waals surface area (Å²) < 4.78 is 5.37. The van der Waals surface area contributed by atoms with Crippen molar-refractivity contribution < 1.29 is 4.74 Å². The molecule has 0 N–H and O–H groups in total. The van der Waals surface area contributed by atoms with Crippen LogP contribution < -0.4 is 4.90 Å². The van der Waals surface area contributed by atoms with Gasteiger partial charge in [-0.3, -0.25) is 0 Å². The molecule has 0 bridgehead atoms. The third-order valence-electron chi connectivity index (χ3n) is 3.67. The Morgan fingerprint density at radius 1 is 0.957 bits per heavy atom. The highest BCUT2D eigenvalue weighted by molar-refractivity contribution is 7.99. The number of morpholine rings is 1. The smallest absolute Gasteiger partial charge is 0.100 e. The van der Waals surface area contributed by atoms with E-state index in [-0.39, 0.29) is 0 Å². The van der Waals surface area contributed by atoms with E-state index in [1.54, 1.807) is 18.2 Å². The quantitative estimate of drug-likeness (QED) is 0.867.